The molecule has 0 aliphatic carbocycles. The Hall–Kier alpha value is -5.14. The average molecular weight is 594 g/mol. The van der Waals surface area contributed by atoms with Crippen LogP contribution in [0.4, 0.5) is 17.2 Å². The summed E-state index contributed by atoms with van der Waals surface area (Å²) in [5.41, 5.74) is 2.63. The third kappa shape index (κ3) is 9.45. The smallest absolute Gasteiger partial charge is 0.328 e. The van der Waals surface area contributed by atoms with E-state index in [9.17, 15) is 24.0 Å². The normalized spacial score (nSPS) is 11.3. The highest BCUT2D eigenvalue weighted by Crippen LogP contribution is 2.24. The van der Waals surface area contributed by atoms with E-state index >= 15 is 0 Å². The van der Waals surface area contributed by atoms with Gasteiger partial charge in [-0.3, -0.25) is 19.2 Å². The van der Waals surface area contributed by atoms with Gasteiger partial charge in [0.2, 0.25) is 11.8 Å². The summed E-state index contributed by atoms with van der Waals surface area (Å²) in [6.07, 6.45) is 1.55. The van der Waals surface area contributed by atoms with Gasteiger partial charge in [-0.25, -0.2) is 19.7 Å². The van der Waals surface area contributed by atoms with Crippen LogP contribution >= 0.6 is 0 Å². The molecule has 0 saturated heterocycles. The van der Waals surface area contributed by atoms with Crippen molar-refractivity contribution in [1.82, 2.24) is 20.3 Å². The Morgan fingerprint density at radius 1 is 0.930 bits per heavy atom. The molecule has 3 amide bonds. The van der Waals surface area contributed by atoms with Gasteiger partial charge in [-0.15, -0.1) is 0 Å². The molecule has 0 aliphatic rings. The molecule has 0 aliphatic heterocycles. The van der Waals surface area contributed by atoms with Crippen LogP contribution in [0.5, 0.6) is 0 Å². The number of rotatable bonds is 13. The number of carbonyl (C=O) groups excluding carboxylic acids is 5. The highest BCUT2D eigenvalue weighted by molar-refractivity contribution is 6.00. The first-order valence-corrected chi connectivity index (χ1v) is 13.7. The average Bonchev–Trinajstić information content (AvgIpc) is 2.95. The third-order valence-electron chi connectivity index (χ3n) is 5.97. The van der Waals surface area contributed by atoms with Crippen LogP contribution in [0, 0.1) is 0 Å². The summed E-state index contributed by atoms with van der Waals surface area (Å²) >= 11 is 0. The van der Waals surface area contributed by atoms with Crippen LogP contribution < -0.4 is 20.9 Å². The highest BCUT2D eigenvalue weighted by Gasteiger charge is 2.24. The van der Waals surface area contributed by atoms with E-state index in [2.05, 4.69) is 30.9 Å². The maximum Gasteiger partial charge on any atom is 0.328 e. The van der Waals surface area contributed by atoms with Gasteiger partial charge in [0.1, 0.15) is 17.4 Å². The van der Waals surface area contributed by atoms with Crippen LogP contribution in [0.15, 0.2) is 36.5 Å². The molecule has 43 heavy (non-hydrogen) atoms. The molecule has 3 aromatic rings. The predicted molar refractivity (Wildman–Crippen MR) is 158 cm³/mol. The minimum absolute atomic E-state index is 0.0438. The highest BCUT2D eigenvalue weighted by atomic mass is 16.5. The molecule has 2 aromatic heterocycles. The zero-order valence-electron chi connectivity index (χ0n) is 24.7. The summed E-state index contributed by atoms with van der Waals surface area (Å²) < 4.78 is 9.96. The molecule has 14 heteroatoms. The standard InChI is InChI=1S/C29H35N7O7/c1-6-42-25(39)13-12-22(29(41)43-7-2)34-28(40)19-8-10-21(11-9-19)36(5)16-20-15-30-27-26(33-20)23(31-17(3)37)14-24(35-27)32-18(4)38/h8-11,14-15,22H,6-7,12-13,16H2,1-5H3,(H,34,40)(H2,30,31,32,35,37,38). The number of aromatic nitrogens is 3. The second-order valence-electron chi connectivity index (χ2n) is 9.48. The number of esters is 2. The molecule has 3 N–H and O–H groups in total. The van der Waals surface area contributed by atoms with E-state index in [0.717, 1.165) is 5.69 Å². The second-order valence-corrected chi connectivity index (χ2v) is 9.48. The number of ether oxygens (including phenoxy) is 2. The fourth-order valence-electron chi connectivity index (χ4n) is 4.07. The van der Waals surface area contributed by atoms with Crippen molar-refractivity contribution in [1.29, 1.82) is 0 Å². The monoisotopic (exact) mass is 593 g/mol. The number of nitrogens with one attached hydrogen (secondary N) is 3. The molecule has 14 nitrogen and oxygen atoms in total. The van der Waals surface area contributed by atoms with Crippen molar-refractivity contribution < 1.29 is 33.4 Å². The van der Waals surface area contributed by atoms with Crippen LogP contribution in [0.3, 0.4) is 0 Å². The minimum atomic E-state index is -1.00. The van der Waals surface area contributed by atoms with E-state index < -0.39 is 23.9 Å². The number of nitrogens with zero attached hydrogens (tertiary/aromatic N) is 4. The maximum atomic E-state index is 12.9. The van der Waals surface area contributed by atoms with Crippen molar-refractivity contribution in [2.24, 2.45) is 0 Å². The van der Waals surface area contributed by atoms with Crippen molar-refractivity contribution >= 4 is 58.0 Å². The molecule has 1 aromatic carbocycles. The first kappa shape index (κ1) is 32.4. The Balaban J connectivity index is 1.73. The van der Waals surface area contributed by atoms with Crippen LogP contribution in [-0.4, -0.2) is 70.9 Å². The van der Waals surface area contributed by atoms with Crippen LogP contribution in [0.1, 0.15) is 56.6 Å². The van der Waals surface area contributed by atoms with Gasteiger partial charge in [-0.1, -0.05) is 0 Å². The van der Waals surface area contributed by atoms with Gasteiger partial charge in [0.25, 0.3) is 5.91 Å². The largest absolute Gasteiger partial charge is 0.466 e. The topological polar surface area (TPSA) is 182 Å². The zero-order chi connectivity index (χ0) is 31.5. The number of benzene rings is 1. The lowest BCUT2D eigenvalue weighted by Crippen LogP contribution is -2.42. The second kappa shape index (κ2) is 15.2. The van der Waals surface area contributed by atoms with E-state index in [1.165, 1.54) is 19.9 Å². The summed E-state index contributed by atoms with van der Waals surface area (Å²) in [4.78, 5) is 75.5. The van der Waals surface area contributed by atoms with Gasteiger partial charge in [0, 0.05) is 44.6 Å². The van der Waals surface area contributed by atoms with E-state index in [1.54, 1.807) is 44.3 Å². The summed E-state index contributed by atoms with van der Waals surface area (Å²) in [6.45, 7) is 6.74. The number of fused-ring (bicyclic) bond motifs is 1. The van der Waals surface area contributed by atoms with Gasteiger partial charge in [0.05, 0.1) is 37.3 Å². The molecule has 3 rings (SSSR count). The molecule has 1 atom stereocenters. The molecular weight excluding hydrogens is 558 g/mol. The third-order valence-corrected chi connectivity index (χ3v) is 5.97. The van der Waals surface area contributed by atoms with Crippen LogP contribution in [0.2, 0.25) is 0 Å². The van der Waals surface area contributed by atoms with Crippen molar-refractivity contribution in [2.45, 2.75) is 53.1 Å². The van der Waals surface area contributed by atoms with Gasteiger partial charge >= 0.3 is 11.9 Å². The molecule has 0 bridgehead atoms. The molecule has 0 radical (unpaired) electrons. The lowest BCUT2D eigenvalue weighted by atomic mass is 10.1. The summed E-state index contributed by atoms with van der Waals surface area (Å²) in [7, 11) is 1.83. The van der Waals surface area contributed by atoms with Crippen molar-refractivity contribution in [3.05, 3.63) is 47.8 Å². The SMILES string of the molecule is CCOC(=O)CCC(NC(=O)c1ccc(N(C)Cc2cnc3nc(NC(C)=O)cc(NC(C)=O)c3n2)cc1)C(=O)OCC. The summed E-state index contributed by atoms with van der Waals surface area (Å²) in [5, 5.41) is 7.92. The molecule has 1 unspecified atom stereocenters. The van der Waals surface area contributed by atoms with E-state index in [1.807, 2.05) is 11.9 Å². The Kier molecular flexibility index (Phi) is 11.4. The van der Waals surface area contributed by atoms with Crippen LogP contribution in [-0.2, 0) is 35.2 Å². The quantitative estimate of drug-likeness (QED) is 0.248. The molecule has 2 heterocycles. The molecule has 0 fully saturated rings. The fourth-order valence-corrected chi connectivity index (χ4v) is 4.07. The Morgan fingerprint density at radius 3 is 2.23 bits per heavy atom. The van der Waals surface area contributed by atoms with Gasteiger partial charge < -0.3 is 30.3 Å². The predicted octanol–water partition coefficient (Wildman–Crippen LogP) is 2.58. The van der Waals surface area contributed by atoms with E-state index in [0.29, 0.717) is 29.0 Å². The van der Waals surface area contributed by atoms with Crippen molar-refractivity contribution in [3.63, 3.8) is 0 Å². The number of pyridine rings is 1. The number of carbonyl (C=O) groups is 5. The molecule has 0 spiro atoms. The van der Waals surface area contributed by atoms with Gasteiger partial charge in [-0.05, 0) is 44.5 Å². The summed E-state index contributed by atoms with van der Waals surface area (Å²) in [5.74, 6) is -1.98. The summed E-state index contributed by atoms with van der Waals surface area (Å²) in [6, 6.07) is 7.22. The van der Waals surface area contributed by atoms with E-state index in [-0.39, 0.29) is 49.3 Å². The molecule has 228 valence electrons. The lowest BCUT2D eigenvalue weighted by Gasteiger charge is -2.20. The Bertz CT molecular complexity index is 1490. The molecule has 0 saturated carbocycles. The Labute approximate surface area is 248 Å². The first-order valence-electron chi connectivity index (χ1n) is 13.7. The maximum absolute atomic E-state index is 12.9. The minimum Gasteiger partial charge on any atom is -0.466 e. The van der Waals surface area contributed by atoms with Crippen LogP contribution in [0.25, 0.3) is 11.2 Å². The number of hydrogen-bond acceptors (Lipinski definition) is 11. The van der Waals surface area contributed by atoms with Gasteiger partial charge in [-0.2, -0.15) is 0 Å². The zero-order valence-corrected chi connectivity index (χ0v) is 24.7. The van der Waals surface area contributed by atoms with Crippen molar-refractivity contribution in [2.75, 3.05) is 35.8 Å². The number of amides is 3. The number of hydrogen-bond donors (Lipinski definition) is 3. The Morgan fingerprint density at radius 2 is 1.60 bits per heavy atom. The van der Waals surface area contributed by atoms with Gasteiger partial charge in [0.15, 0.2) is 5.65 Å². The molecular formula is C29H35N7O7. The lowest BCUT2D eigenvalue weighted by molar-refractivity contribution is -0.147. The number of anilines is 3. The van der Waals surface area contributed by atoms with Crippen molar-refractivity contribution in [3.8, 4) is 0 Å². The van der Waals surface area contributed by atoms with E-state index in [4.69, 9.17) is 9.47 Å². The first-order chi connectivity index (χ1) is 20.5. The fraction of sp³-hybridized carbons (Fsp3) is 0.379.